The van der Waals surface area contributed by atoms with E-state index in [1.807, 2.05) is 78.9 Å². The zero-order valence-electron chi connectivity index (χ0n) is 17.5. The van der Waals surface area contributed by atoms with Crippen molar-refractivity contribution in [2.45, 2.75) is 13.1 Å². The average Bonchev–Trinajstić information content (AvgIpc) is 3.41. The first kappa shape index (κ1) is 20.2. The van der Waals surface area contributed by atoms with Crippen molar-refractivity contribution in [1.82, 2.24) is 20.1 Å². The summed E-state index contributed by atoms with van der Waals surface area (Å²) >= 11 is 1.49. The van der Waals surface area contributed by atoms with E-state index in [-0.39, 0.29) is 5.56 Å². The Kier molecular flexibility index (Phi) is 5.58. The minimum absolute atomic E-state index is 0.0925. The summed E-state index contributed by atoms with van der Waals surface area (Å²) in [6.45, 7) is 1.08. The Morgan fingerprint density at radius 2 is 1.72 bits per heavy atom. The highest BCUT2D eigenvalue weighted by Gasteiger charge is 2.18. The maximum atomic E-state index is 13.4. The van der Waals surface area contributed by atoms with E-state index in [2.05, 4.69) is 15.4 Å². The second kappa shape index (κ2) is 8.82. The summed E-state index contributed by atoms with van der Waals surface area (Å²) in [5.41, 5.74) is 4.36. The van der Waals surface area contributed by atoms with Crippen molar-refractivity contribution in [1.29, 1.82) is 0 Å². The van der Waals surface area contributed by atoms with Gasteiger partial charge in [-0.15, -0.1) is 0 Å². The molecule has 0 aliphatic carbocycles. The minimum atomic E-state index is -0.0925. The maximum absolute atomic E-state index is 13.4. The molecular formula is C25H22N4O2S. The molecule has 0 unspecified atom stereocenters. The number of nitrogens with one attached hydrogen (secondary N) is 2. The number of fused-ring (bicyclic) bond motifs is 1. The molecule has 0 amide bonds. The number of hydrogen-bond acceptors (Lipinski definition) is 5. The molecule has 5 aromatic rings. The lowest BCUT2D eigenvalue weighted by Crippen LogP contribution is -2.22. The zero-order chi connectivity index (χ0) is 21.9. The number of nitrogens with zero attached hydrogens (tertiary/aromatic N) is 2. The Labute approximate surface area is 189 Å². The molecule has 2 heterocycles. The van der Waals surface area contributed by atoms with Gasteiger partial charge in [0.2, 0.25) is 5.13 Å². The fourth-order valence-electron chi connectivity index (χ4n) is 3.65. The molecule has 0 saturated carbocycles. The van der Waals surface area contributed by atoms with Crippen LogP contribution in [-0.4, -0.2) is 21.9 Å². The van der Waals surface area contributed by atoms with Crippen molar-refractivity contribution in [3.05, 3.63) is 100 Å². The lowest BCUT2D eigenvalue weighted by Gasteiger charge is -2.06. The fourth-order valence-corrected chi connectivity index (χ4v) is 4.57. The smallest absolute Gasteiger partial charge is 0.278 e. The number of methoxy groups -OCH3 is 1. The molecular weight excluding hydrogens is 420 g/mol. The molecule has 32 heavy (non-hydrogen) atoms. The third-order valence-electron chi connectivity index (χ3n) is 5.31. The second-order valence-corrected chi connectivity index (χ2v) is 8.40. The maximum Gasteiger partial charge on any atom is 0.278 e. The van der Waals surface area contributed by atoms with Gasteiger partial charge in [0.1, 0.15) is 5.75 Å². The number of thiazole rings is 1. The molecule has 2 aromatic heterocycles. The molecule has 160 valence electrons. The van der Waals surface area contributed by atoms with Crippen LogP contribution in [0.3, 0.4) is 0 Å². The zero-order valence-corrected chi connectivity index (χ0v) is 18.4. The van der Waals surface area contributed by atoms with Gasteiger partial charge in [-0.25, -0.2) is 4.98 Å². The molecule has 0 bridgehead atoms. The van der Waals surface area contributed by atoms with E-state index in [1.54, 1.807) is 11.8 Å². The largest absolute Gasteiger partial charge is 0.497 e. The van der Waals surface area contributed by atoms with Gasteiger partial charge in [0, 0.05) is 13.1 Å². The Hall–Kier alpha value is -3.68. The Morgan fingerprint density at radius 1 is 0.969 bits per heavy atom. The lowest BCUT2D eigenvalue weighted by molar-refractivity contribution is 0.414. The molecule has 0 aliphatic rings. The molecule has 5 rings (SSSR count). The summed E-state index contributed by atoms with van der Waals surface area (Å²) in [6.07, 6.45) is 0. The van der Waals surface area contributed by atoms with Crippen LogP contribution in [0.15, 0.2) is 83.7 Å². The van der Waals surface area contributed by atoms with Crippen LogP contribution >= 0.6 is 11.3 Å². The number of hydrogen-bond donors (Lipinski definition) is 2. The third kappa shape index (κ3) is 3.95. The third-order valence-corrected chi connectivity index (χ3v) is 6.33. The van der Waals surface area contributed by atoms with Crippen molar-refractivity contribution in [3.8, 4) is 22.1 Å². The quantitative estimate of drug-likeness (QED) is 0.382. The standard InChI is InChI=1S/C25H22N4O2S/c1-31-19-13-11-17(12-14-19)15-26-16-20-23(18-7-3-2-4-8-18)28-29(24(20)30)25-27-21-9-5-6-10-22(21)32-25/h2-14,26,28H,15-16H2,1H3. The number of aromatic nitrogens is 3. The van der Waals surface area contributed by atoms with Crippen LogP contribution < -0.4 is 15.6 Å². The highest BCUT2D eigenvalue weighted by molar-refractivity contribution is 7.20. The van der Waals surface area contributed by atoms with Crippen molar-refractivity contribution >= 4 is 21.6 Å². The number of ether oxygens (including phenoxy) is 1. The predicted molar refractivity (Wildman–Crippen MR) is 129 cm³/mol. The summed E-state index contributed by atoms with van der Waals surface area (Å²) in [7, 11) is 1.65. The summed E-state index contributed by atoms with van der Waals surface area (Å²) in [5, 5.41) is 7.34. The van der Waals surface area contributed by atoms with E-state index in [9.17, 15) is 4.79 Å². The van der Waals surface area contributed by atoms with Gasteiger partial charge in [0.15, 0.2) is 0 Å². The fraction of sp³-hybridized carbons (Fsp3) is 0.120. The molecule has 2 N–H and O–H groups in total. The molecule has 0 saturated heterocycles. The highest BCUT2D eigenvalue weighted by Crippen LogP contribution is 2.26. The molecule has 7 heteroatoms. The van der Waals surface area contributed by atoms with Gasteiger partial charge in [-0.05, 0) is 35.4 Å². The molecule has 0 spiro atoms. The Bertz CT molecular complexity index is 1370. The van der Waals surface area contributed by atoms with E-state index in [1.165, 1.54) is 11.3 Å². The van der Waals surface area contributed by atoms with Crippen LogP contribution in [0.2, 0.25) is 0 Å². The van der Waals surface area contributed by atoms with E-state index in [0.29, 0.717) is 23.8 Å². The number of H-pyrrole nitrogens is 1. The lowest BCUT2D eigenvalue weighted by atomic mass is 10.1. The van der Waals surface area contributed by atoms with Gasteiger partial charge < -0.3 is 10.1 Å². The molecule has 6 nitrogen and oxygen atoms in total. The van der Waals surface area contributed by atoms with Gasteiger partial charge in [0.05, 0.1) is 28.6 Å². The van der Waals surface area contributed by atoms with E-state index < -0.39 is 0 Å². The second-order valence-electron chi connectivity index (χ2n) is 7.39. The predicted octanol–water partition coefficient (Wildman–Crippen LogP) is 4.74. The van der Waals surface area contributed by atoms with Crippen LogP contribution in [0.1, 0.15) is 11.1 Å². The van der Waals surface area contributed by atoms with Crippen LogP contribution in [0.25, 0.3) is 26.6 Å². The van der Waals surface area contributed by atoms with E-state index in [4.69, 9.17) is 4.74 Å². The number of para-hydroxylation sites is 1. The number of benzene rings is 3. The van der Waals surface area contributed by atoms with Crippen LogP contribution in [0.5, 0.6) is 5.75 Å². The van der Waals surface area contributed by atoms with E-state index in [0.717, 1.165) is 32.8 Å². The monoisotopic (exact) mass is 442 g/mol. The Balaban J connectivity index is 1.47. The SMILES string of the molecule is COc1ccc(CNCc2c(-c3ccccc3)[nH]n(-c3nc4ccccc4s3)c2=O)cc1. The molecule has 3 aromatic carbocycles. The van der Waals surface area contributed by atoms with Gasteiger partial charge >= 0.3 is 0 Å². The molecule has 0 fully saturated rings. The summed E-state index contributed by atoms with van der Waals surface area (Å²) in [5.74, 6) is 0.824. The normalized spacial score (nSPS) is 11.2. The topological polar surface area (TPSA) is 71.9 Å². The van der Waals surface area contributed by atoms with Gasteiger partial charge in [-0.1, -0.05) is 65.9 Å². The van der Waals surface area contributed by atoms with Crippen molar-refractivity contribution in [3.63, 3.8) is 0 Å². The molecule has 0 atom stereocenters. The molecule has 0 radical (unpaired) electrons. The highest BCUT2D eigenvalue weighted by atomic mass is 32.1. The first-order chi connectivity index (χ1) is 15.7. The Morgan fingerprint density at radius 3 is 2.47 bits per heavy atom. The van der Waals surface area contributed by atoms with Crippen LogP contribution in [-0.2, 0) is 13.1 Å². The average molecular weight is 443 g/mol. The summed E-state index contributed by atoms with van der Waals surface area (Å²) < 4.78 is 7.82. The van der Waals surface area contributed by atoms with E-state index >= 15 is 0 Å². The summed E-state index contributed by atoms with van der Waals surface area (Å²) in [6, 6.07) is 25.7. The first-order valence-electron chi connectivity index (χ1n) is 10.3. The molecule has 0 aliphatic heterocycles. The summed E-state index contributed by atoms with van der Waals surface area (Å²) in [4.78, 5) is 18.1. The number of rotatable bonds is 7. The minimum Gasteiger partial charge on any atom is -0.497 e. The van der Waals surface area contributed by atoms with Crippen molar-refractivity contribution in [2.75, 3.05) is 7.11 Å². The van der Waals surface area contributed by atoms with Crippen molar-refractivity contribution in [2.24, 2.45) is 0 Å². The van der Waals surface area contributed by atoms with Gasteiger partial charge in [-0.2, -0.15) is 4.68 Å². The van der Waals surface area contributed by atoms with Gasteiger partial charge in [0.25, 0.3) is 5.56 Å². The first-order valence-corrected chi connectivity index (χ1v) is 11.1. The van der Waals surface area contributed by atoms with Crippen LogP contribution in [0, 0.1) is 0 Å². The van der Waals surface area contributed by atoms with Crippen molar-refractivity contribution < 1.29 is 4.74 Å². The number of aromatic amines is 1. The van der Waals surface area contributed by atoms with Gasteiger partial charge in [-0.3, -0.25) is 9.89 Å². The van der Waals surface area contributed by atoms with Crippen LogP contribution in [0.4, 0.5) is 0 Å².